The standard InChI is InChI=1S/C15H18N2OS/c1-10(17(2)3)11-4-6-12(7-5-11)13-8-9-14(19-13)15(16)18/h4-10H,1-3H3,(H2,16,18)/t10-/m1/s1. The van der Waals surface area contributed by atoms with E-state index in [1.807, 2.05) is 6.07 Å². The Hall–Kier alpha value is -1.65. The quantitative estimate of drug-likeness (QED) is 0.931. The third kappa shape index (κ3) is 3.03. The van der Waals surface area contributed by atoms with E-state index in [4.69, 9.17) is 5.73 Å². The zero-order valence-corrected chi connectivity index (χ0v) is 12.2. The molecule has 0 spiro atoms. The van der Waals surface area contributed by atoms with Gasteiger partial charge in [0.05, 0.1) is 4.88 Å². The second-order valence-corrected chi connectivity index (χ2v) is 5.87. The van der Waals surface area contributed by atoms with Crippen molar-refractivity contribution in [3.63, 3.8) is 0 Å². The lowest BCUT2D eigenvalue weighted by molar-refractivity contribution is 0.100. The topological polar surface area (TPSA) is 46.3 Å². The Morgan fingerprint density at radius 2 is 1.79 bits per heavy atom. The third-order valence-corrected chi connectivity index (χ3v) is 4.45. The molecule has 2 rings (SSSR count). The molecule has 1 amide bonds. The average Bonchev–Trinajstić information content (AvgIpc) is 2.87. The van der Waals surface area contributed by atoms with Gasteiger partial charge in [-0.2, -0.15) is 0 Å². The van der Waals surface area contributed by atoms with E-state index in [0.29, 0.717) is 10.9 Å². The molecule has 0 radical (unpaired) electrons. The van der Waals surface area contributed by atoms with Crippen LogP contribution in [0.1, 0.15) is 28.2 Å². The fourth-order valence-corrected chi connectivity index (χ4v) is 2.71. The van der Waals surface area contributed by atoms with E-state index in [1.54, 1.807) is 6.07 Å². The zero-order valence-electron chi connectivity index (χ0n) is 11.4. The summed E-state index contributed by atoms with van der Waals surface area (Å²) >= 11 is 1.43. The van der Waals surface area contributed by atoms with Gasteiger partial charge in [0.15, 0.2) is 0 Å². The number of nitrogens with two attached hydrogens (primary N) is 1. The van der Waals surface area contributed by atoms with Crippen LogP contribution in [0.2, 0.25) is 0 Å². The Balaban J connectivity index is 2.24. The SMILES string of the molecule is C[C@H](c1ccc(-c2ccc(C(N)=O)s2)cc1)N(C)C. The van der Waals surface area contributed by atoms with E-state index < -0.39 is 0 Å². The minimum atomic E-state index is -0.367. The van der Waals surface area contributed by atoms with Gasteiger partial charge in [0.1, 0.15) is 0 Å². The second kappa shape index (κ2) is 5.55. The van der Waals surface area contributed by atoms with E-state index in [-0.39, 0.29) is 5.91 Å². The van der Waals surface area contributed by atoms with Crippen molar-refractivity contribution in [3.05, 3.63) is 46.8 Å². The predicted octanol–water partition coefficient (Wildman–Crippen LogP) is 3.14. The van der Waals surface area contributed by atoms with Crippen LogP contribution in [-0.4, -0.2) is 24.9 Å². The molecule has 2 N–H and O–H groups in total. The number of rotatable bonds is 4. The summed E-state index contributed by atoms with van der Waals surface area (Å²) in [6.45, 7) is 2.17. The van der Waals surface area contributed by atoms with Crippen LogP contribution in [0.25, 0.3) is 10.4 Å². The summed E-state index contributed by atoms with van der Waals surface area (Å²) in [5.41, 5.74) is 7.66. The smallest absolute Gasteiger partial charge is 0.258 e. The van der Waals surface area contributed by atoms with E-state index in [9.17, 15) is 4.79 Å². The third-order valence-electron chi connectivity index (χ3n) is 3.30. The van der Waals surface area contributed by atoms with E-state index in [2.05, 4.69) is 50.2 Å². The number of thiophene rings is 1. The number of nitrogens with zero attached hydrogens (tertiary/aromatic N) is 1. The summed E-state index contributed by atoms with van der Waals surface area (Å²) in [4.78, 5) is 14.9. The van der Waals surface area contributed by atoms with Gasteiger partial charge in [-0.15, -0.1) is 11.3 Å². The summed E-state index contributed by atoms with van der Waals surface area (Å²) in [5.74, 6) is -0.367. The predicted molar refractivity (Wildman–Crippen MR) is 80.4 cm³/mol. The molecular formula is C15H18N2OS. The highest BCUT2D eigenvalue weighted by Crippen LogP contribution is 2.29. The number of hydrogen-bond donors (Lipinski definition) is 1. The van der Waals surface area contributed by atoms with Gasteiger partial charge in [0.25, 0.3) is 5.91 Å². The monoisotopic (exact) mass is 274 g/mol. The lowest BCUT2D eigenvalue weighted by atomic mass is 10.0. The van der Waals surface area contributed by atoms with Crippen LogP contribution in [0, 0.1) is 0 Å². The molecule has 0 bridgehead atoms. The lowest BCUT2D eigenvalue weighted by Gasteiger charge is -2.20. The molecule has 0 aliphatic heterocycles. The van der Waals surface area contributed by atoms with Gasteiger partial charge in [-0.1, -0.05) is 24.3 Å². The lowest BCUT2D eigenvalue weighted by Crippen LogP contribution is -2.16. The first-order valence-corrected chi connectivity index (χ1v) is 6.97. The Bertz CT molecular complexity index is 572. The molecular weight excluding hydrogens is 256 g/mol. The molecule has 0 fully saturated rings. The summed E-state index contributed by atoms with van der Waals surface area (Å²) in [7, 11) is 4.13. The van der Waals surface area contributed by atoms with Gasteiger partial charge in [-0.05, 0) is 44.3 Å². The van der Waals surface area contributed by atoms with Crippen LogP contribution in [0.15, 0.2) is 36.4 Å². The molecule has 0 unspecified atom stereocenters. The normalized spacial score (nSPS) is 12.6. The maximum Gasteiger partial charge on any atom is 0.258 e. The van der Waals surface area contributed by atoms with Crippen LogP contribution in [0.3, 0.4) is 0 Å². The van der Waals surface area contributed by atoms with Gasteiger partial charge in [-0.3, -0.25) is 4.79 Å². The van der Waals surface area contributed by atoms with Crippen molar-refractivity contribution in [3.8, 4) is 10.4 Å². The molecule has 3 nitrogen and oxygen atoms in total. The fourth-order valence-electron chi connectivity index (χ4n) is 1.85. The van der Waals surface area contributed by atoms with Crippen molar-refractivity contribution >= 4 is 17.2 Å². The van der Waals surface area contributed by atoms with Gasteiger partial charge in [0, 0.05) is 10.9 Å². The molecule has 4 heteroatoms. The number of hydrogen-bond acceptors (Lipinski definition) is 3. The van der Waals surface area contributed by atoms with E-state index >= 15 is 0 Å². The molecule has 2 aromatic rings. The number of primary amides is 1. The van der Waals surface area contributed by atoms with Crippen LogP contribution in [0.5, 0.6) is 0 Å². The number of carbonyl (C=O) groups excluding carboxylic acids is 1. The van der Waals surface area contributed by atoms with E-state index in [0.717, 1.165) is 10.4 Å². The van der Waals surface area contributed by atoms with Crippen molar-refractivity contribution in [2.45, 2.75) is 13.0 Å². The summed E-state index contributed by atoms with van der Waals surface area (Å²) < 4.78 is 0. The minimum Gasteiger partial charge on any atom is -0.365 e. The molecule has 0 saturated heterocycles. The van der Waals surface area contributed by atoms with Crippen molar-refractivity contribution < 1.29 is 4.79 Å². The van der Waals surface area contributed by atoms with Gasteiger partial charge < -0.3 is 10.6 Å². The summed E-state index contributed by atoms with van der Waals surface area (Å²) in [5, 5.41) is 0. The molecule has 100 valence electrons. The molecule has 19 heavy (non-hydrogen) atoms. The van der Waals surface area contributed by atoms with Crippen molar-refractivity contribution in [1.82, 2.24) is 4.90 Å². The highest BCUT2D eigenvalue weighted by Gasteiger charge is 2.09. The number of benzene rings is 1. The van der Waals surface area contributed by atoms with Gasteiger partial charge in [-0.25, -0.2) is 0 Å². The average molecular weight is 274 g/mol. The fraction of sp³-hybridized carbons (Fsp3) is 0.267. The molecule has 1 heterocycles. The van der Waals surface area contributed by atoms with Gasteiger partial charge >= 0.3 is 0 Å². The zero-order chi connectivity index (χ0) is 14.0. The summed E-state index contributed by atoms with van der Waals surface area (Å²) in [6, 6.07) is 12.5. The Morgan fingerprint density at radius 3 is 2.26 bits per heavy atom. The minimum absolute atomic E-state index is 0.367. The van der Waals surface area contributed by atoms with Gasteiger partial charge in [0.2, 0.25) is 0 Å². The van der Waals surface area contributed by atoms with Crippen molar-refractivity contribution in [2.75, 3.05) is 14.1 Å². The molecule has 1 aromatic carbocycles. The molecule has 0 aliphatic rings. The Kier molecular flexibility index (Phi) is 4.02. The second-order valence-electron chi connectivity index (χ2n) is 4.79. The van der Waals surface area contributed by atoms with E-state index in [1.165, 1.54) is 16.9 Å². The first-order valence-electron chi connectivity index (χ1n) is 6.15. The molecule has 1 atom stereocenters. The van der Waals surface area contributed by atoms with Crippen molar-refractivity contribution in [1.29, 1.82) is 0 Å². The molecule has 0 saturated carbocycles. The first kappa shape index (κ1) is 13.8. The summed E-state index contributed by atoms with van der Waals surface area (Å²) in [6.07, 6.45) is 0. The molecule has 1 aromatic heterocycles. The largest absolute Gasteiger partial charge is 0.365 e. The van der Waals surface area contributed by atoms with Crippen LogP contribution in [0.4, 0.5) is 0 Å². The highest BCUT2D eigenvalue weighted by atomic mass is 32.1. The van der Waals surface area contributed by atoms with Crippen molar-refractivity contribution in [2.24, 2.45) is 5.73 Å². The maximum absolute atomic E-state index is 11.1. The van der Waals surface area contributed by atoms with Crippen LogP contribution < -0.4 is 5.73 Å². The maximum atomic E-state index is 11.1. The Labute approximate surface area is 117 Å². The highest BCUT2D eigenvalue weighted by molar-refractivity contribution is 7.17. The first-order chi connectivity index (χ1) is 8.99. The molecule has 0 aliphatic carbocycles. The number of carbonyl (C=O) groups is 1. The van der Waals surface area contributed by atoms with Crippen LogP contribution in [-0.2, 0) is 0 Å². The Morgan fingerprint density at radius 1 is 1.16 bits per heavy atom. The number of amides is 1. The van der Waals surface area contributed by atoms with Crippen LogP contribution >= 0.6 is 11.3 Å².